The van der Waals surface area contributed by atoms with Crippen molar-refractivity contribution in [1.82, 2.24) is 5.32 Å². The molecule has 0 amide bonds. The second-order valence-electron chi connectivity index (χ2n) is 9.46. The molecular formula is C21H33NO3. The van der Waals surface area contributed by atoms with Gasteiger partial charge in [-0.25, -0.2) is 0 Å². The molecule has 3 aliphatic carbocycles. The standard InChI is InChI=1S/C21H33NO3/c1-11(2)12-7-8-16-13(9-12)10-17(23)19(22-16)18-20(24)14-5-3-4-6-15(14)21(18)25/h11-19,22-23H,3-10H2,1-2H3. The van der Waals surface area contributed by atoms with Gasteiger partial charge in [0.05, 0.1) is 12.0 Å². The highest BCUT2D eigenvalue weighted by Crippen LogP contribution is 2.45. The normalized spacial score (nSPS) is 47.7. The van der Waals surface area contributed by atoms with Crippen LogP contribution in [0.3, 0.4) is 0 Å². The molecule has 140 valence electrons. The lowest BCUT2D eigenvalue weighted by Crippen LogP contribution is -2.61. The van der Waals surface area contributed by atoms with E-state index in [0.717, 1.165) is 50.9 Å². The number of hydrogen-bond donors (Lipinski definition) is 2. The van der Waals surface area contributed by atoms with Gasteiger partial charge < -0.3 is 10.4 Å². The van der Waals surface area contributed by atoms with E-state index in [-0.39, 0.29) is 29.4 Å². The molecule has 4 nitrogen and oxygen atoms in total. The summed E-state index contributed by atoms with van der Waals surface area (Å²) in [5.41, 5.74) is 0. The predicted octanol–water partition coefficient (Wildman–Crippen LogP) is 2.72. The van der Waals surface area contributed by atoms with Crippen molar-refractivity contribution in [1.29, 1.82) is 0 Å². The van der Waals surface area contributed by atoms with Crippen LogP contribution in [0.25, 0.3) is 0 Å². The monoisotopic (exact) mass is 347 g/mol. The number of carbonyl (C=O) groups is 2. The molecule has 25 heavy (non-hydrogen) atoms. The number of piperidine rings is 1. The first-order valence-electron chi connectivity index (χ1n) is 10.5. The number of fused-ring (bicyclic) bond motifs is 2. The van der Waals surface area contributed by atoms with Crippen LogP contribution in [0.1, 0.15) is 65.2 Å². The Labute approximate surface area is 151 Å². The Morgan fingerprint density at radius 3 is 2.20 bits per heavy atom. The van der Waals surface area contributed by atoms with Crippen molar-refractivity contribution in [3.8, 4) is 0 Å². The predicted molar refractivity (Wildman–Crippen MR) is 96.0 cm³/mol. The Hall–Kier alpha value is -0.740. The fourth-order valence-corrected chi connectivity index (χ4v) is 6.29. The third-order valence-electron chi connectivity index (χ3n) is 7.80. The van der Waals surface area contributed by atoms with E-state index in [9.17, 15) is 14.7 Å². The third-order valence-corrected chi connectivity index (χ3v) is 7.80. The molecule has 0 radical (unpaired) electrons. The Bertz CT molecular complexity index is 521. The van der Waals surface area contributed by atoms with Crippen LogP contribution in [0, 0.1) is 35.5 Å². The van der Waals surface area contributed by atoms with E-state index in [0.29, 0.717) is 17.9 Å². The number of ketones is 2. The summed E-state index contributed by atoms with van der Waals surface area (Å²) in [6, 6.07) is 0.0223. The van der Waals surface area contributed by atoms with Gasteiger partial charge in [0, 0.05) is 23.9 Å². The summed E-state index contributed by atoms with van der Waals surface area (Å²) in [6.07, 6.45) is 7.54. The van der Waals surface area contributed by atoms with Crippen molar-refractivity contribution in [3.05, 3.63) is 0 Å². The van der Waals surface area contributed by atoms with Crippen LogP contribution >= 0.6 is 0 Å². The van der Waals surface area contributed by atoms with Crippen molar-refractivity contribution in [2.75, 3.05) is 0 Å². The molecule has 7 atom stereocenters. The SMILES string of the molecule is CC(C)C1CCC2NC(C3C(=O)C4CCCCC4C3=O)C(O)CC2C1. The summed E-state index contributed by atoms with van der Waals surface area (Å²) in [5, 5.41) is 14.4. The van der Waals surface area contributed by atoms with E-state index in [1.807, 2.05) is 0 Å². The number of hydrogen-bond acceptors (Lipinski definition) is 4. The number of aliphatic hydroxyl groups excluding tert-OH is 1. The fraction of sp³-hybridized carbons (Fsp3) is 0.905. The zero-order valence-electron chi connectivity index (χ0n) is 15.6. The smallest absolute Gasteiger partial charge is 0.148 e. The van der Waals surface area contributed by atoms with Gasteiger partial charge in [0.15, 0.2) is 0 Å². The molecule has 4 aliphatic rings. The summed E-state index contributed by atoms with van der Waals surface area (Å²) in [6.45, 7) is 4.58. The lowest BCUT2D eigenvalue weighted by atomic mass is 9.68. The molecule has 4 fully saturated rings. The lowest BCUT2D eigenvalue weighted by Gasteiger charge is -2.47. The van der Waals surface area contributed by atoms with E-state index in [2.05, 4.69) is 19.2 Å². The number of aliphatic hydroxyl groups is 1. The van der Waals surface area contributed by atoms with Gasteiger partial charge in [-0.05, 0) is 56.3 Å². The maximum Gasteiger partial charge on any atom is 0.148 e. The summed E-state index contributed by atoms with van der Waals surface area (Å²) < 4.78 is 0. The van der Waals surface area contributed by atoms with Crippen LogP contribution in [-0.4, -0.2) is 34.9 Å². The zero-order valence-corrected chi connectivity index (χ0v) is 15.6. The minimum atomic E-state index is -0.591. The van der Waals surface area contributed by atoms with Crippen molar-refractivity contribution >= 4 is 11.6 Å². The van der Waals surface area contributed by atoms with Crippen molar-refractivity contribution in [2.45, 2.75) is 83.4 Å². The number of rotatable bonds is 2. The molecule has 3 saturated carbocycles. The van der Waals surface area contributed by atoms with E-state index < -0.39 is 12.0 Å². The van der Waals surface area contributed by atoms with Crippen LogP contribution in [-0.2, 0) is 9.59 Å². The molecule has 1 aliphatic heterocycles. The molecular weight excluding hydrogens is 314 g/mol. The van der Waals surface area contributed by atoms with Crippen molar-refractivity contribution in [2.24, 2.45) is 35.5 Å². The van der Waals surface area contributed by atoms with Gasteiger partial charge in [0.25, 0.3) is 0 Å². The molecule has 4 rings (SSSR count). The van der Waals surface area contributed by atoms with Gasteiger partial charge in [-0.3, -0.25) is 9.59 Å². The van der Waals surface area contributed by atoms with Gasteiger partial charge >= 0.3 is 0 Å². The molecule has 0 aromatic heterocycles. The van der Waals surface area contributed by atoms with E-state index in [4.69, 9.17) is 0 Å². The molecule has 0 bridgehead atoms. The van der Waals surface area contributed by atoms with Gasteiger partial charge in [-0.15, -0.1) is 0 Å². The van der Waals surface area contributed by atoms with Gasteiger partial charge in [-0.1, -0.05) is 26.7 Å². The largest absolute Gasteiger partial charge is 0.391 e. The molecule has 2 N–H and O–H groups in total. The number of nitrogens with one attached hydrogen (secondary N) is 1. The van der Waals surface area contributed by atoms with E-state index in [1.165, 1.54) is 6.42 Å². The van der Waals surface area contributed by atoms with Crippen LogP contribution in [0.5, 0.6) is 0 Å². The Morgan fingerprint density at radius 2 is 1.60 bits per heavy atom. The Balaban J connectivity index is 1.49. The minimum Gasteiger partial charge on any atom is -0.391 e. The van der Waals surface area contributed by atoms with Gasteiger partial charge in [0.2, 0.25) is 0 Å². The molecule has 1 saturated heterocycles. The average Bonchev–Trinajstić information content (AvgIpc) is 2.85. The van der Waals surface area contributed by atoms with Crippen molar-refractivity contribution in [3.63, 3.8) is 0 Å². The summed E-state index contributed by atoms with van der Waals surface area (Å²) in [7, 11) is 0. The maximum atomic E-state index is 12.9. The van der Waals surface area contributed by atoms with Gasteiger partial charge in [-0.2, -0.15) is 0 Å². The lowest BCUT2D eigenvalue weighted by molar-refractivity contribution is -0.133. The van der Waals surface area contributed by atoms with Crippen LogP contribution in [0.4, 0.5) is 0 Å². The molecule has 0 spiro atoms. The highest BCUT2D eigenvalue weighted by atomic mass is 16.3. The average molecular weight is 347 g/mol. The first-order valence-corrected chi connectivity index (χ1v) is 10.5. The van der Waals surface area contributed by atoms with Crippen LogP contribution in [0.2, 0.25) is 0 Å². The fourth-order valence-electron chi connectivity index (χ4n) is 6.29. The number of Topliss-reactive ketones (excluding diaryl/α,β-unsaturated/α-hetero) is 2. The van der Waals surface area contributed by atoms with Gasteiger partial charge in [0.1, 0.15) is 11.6 Å². The third kappa shape index (κ3) is 2.99. The minimum absolute atomic E-state index is 0.0605. The second-order valence-corrected chi connectivity index (χ2v) is 9.46. The highest BCUT2D eigenvalue weighted by Gasteiger charge is 2.55. The first kappa shape index (κ1) is 17.7. The van der Waals surface area contributed by atoms with E-state index >= 15 is 0 Å². The Kier molecular flexibility index (Phi) is 4.78. The van der Waals surface area contributed by atoms with E-state index in [1.54, 1.807) is 0 Å². The highest BCUT2D eigenvalue weighted by molar-refractivity contribution is 6.12. The topological polar surface area (TPSA) is 66.4 Å². The maximum absolute atomic E-state index is 12.9. The summed E-state index contributed by atoms with van der Waals surface area (Å²) in [4.78, 5) is 25.8. The summed E-state index contributed by atoms with van der Waals surface area (Å²) >= 11 is 0. The Morgan fingerprint density at radius 1 is 0.960 bits per heavy atom. The molecule has 7 unspecified atom stereocenters. The molecule has 0 aromatic rings. The first-order chi connectivity index (χ1) is 12.0. The molecule has 4 heteroatoms. The summed E-state index contributed by atoms with van der Waals surface area (Å²) in [5.74, 6) is 1.46. The quantitative estimate of drug-likeness (QED) is 0.754. The second kappa shape index (κ2) is 6.77. The van der Waals surface area contributed by atoms with Crippen LogP contribution < -0.4 is 5.32 Å². The zero-order chi connectivity index (χ0) is 17.7. The molecule has 1 heterocycles. The number of carbonyl (C=O) groups excluding carboxylic acids is 2. The van der Waals surface area contributed by atoms with Crippen molar-refractivity contribution < 1.29 is 14.7 Å². The van der Waals surface area contributed by atoms with Crippen LogP contribution in [0.15, 0.2) is 0 Å². The molecule has 0 aromatic carbocycles.